The Morgan fingerprint density at radius 3 is 2.45 bits per heavy atom. The van der Waals surface area contributed by atoms with Gasteiger partial charge in [0.25, 0.3) is 5.91 Å². The van der Waals surface area contributed by atoms with Gasteiger partial charge in [-0.25, -0.2) is 18.0 Å². The molecular weight excluding hydrogens is 616 g/mol. The molecule has 5 atom stereocenters. The molecule has 3 saturated heterocycles. The molecule has 0 aliphatic carbocycles. The number of nitrogens with two attached hydrogens (primary N) is 1. The van der Waals surface area contributed by atoms with Gasteiger partial charge in [-0.15, -0.1) is 24.2 Å². The molecule has 14 nitrogen and oxygen atoms in total. The van der Waals surface area contributed by atoms with Crippen LogP contribution in [0.2, 0.25) is 0 Å². The van der Waals surface area contributed by atoms with Gasteiger partial charge < -0.3 is 30.5 Å². The smallest absolute Gasteiger partial charge is 0.357 e. The average molecular weight is 645 g/mol. The number of aromatic hydroxyl groups is 1. The van der Waals surface area contributed by atoms with Crippen LogP contribution in [0, 0.1) is 0 Å². The van der Waals surface area contributed by atoms with Gasteiger partial charge in [0, 0.05) is 5.75 Å². The molecule has 1 aromatic rings. The van der Waals surface area contributed by atoms with E-state index in [1.165, 1.54) is 54.8 Å². The third-order valence-corrected chi connectivity index (χ3v) is 12.0. The van der Waals surface area contributed by atoms with Gasteiger partial charge in [0.05, 0.1) is 11.2 Å². The Kier molecular flexibility index (Phi) is 8.32. The lowest BCUT2D eigenvalue weighted by molar-refractivity contribution is -0.175. The zero-order valence-electron chi connectivity index (χ0n) is 22.6. The number of nitrogens with one attached hydrogen (secondary N) is 1. The minimum atomic E-state index is -3.81. The Labute approximate surface area is 251 Å². The highest BCUT2D eigenvalue weighted by molar-refractivity contribution is 8.00. The first-order valence-electron chi connectivity index (χ1n) is 12.6. The van der Waals surface area contributed by atoms with Crippen LogP contribution in [-0.4, -0.2) is 93.1 Å². The highest BCUT2D eigenvalue weighted by Crippen LogP contribution is 2.46. The maximum absolute atomic E-state index is 13.0. The van der Waals surface area contributed by atoms with E-state index in [-0.39, 0.29) is 30.3 Å². The Hall–Kier alpha value is -3.34. The van der Waals surface area contributed by atoms with Crippen LogP contribution in [0.4, 0.5) is 0 Å². The lowest BCUT2D eigenvalue weighted by Gasteiger charge is -2.49. The number of carbonyl (C=O) groups excluding carboxylic acids is 5. The fraction of sp³-hybridized carbons (Fsp3) is 0.480. The summed E-state index contributed by atoms with van der Waals surface area (Å²) in [6.45, 7) is 3.44. The summed E-state index contributed by atoms with van der Waals surface area (Å²) in [7, 11) is -3.81. The molecule has 5 rings (SSSR count). The van der Waals surface area contributed by atoms with Crippen molar-refractivity contribution in [3.8, 4) is 5.75 Å². The summed E-state index contributed by atoms with van der Waals surface area (Å²) in [4.78, 5) is 65.6. The summed E-state index contributed by atoms with van der Waals surface area (Å²) in [6, 6.07) is 2.32. The van der Waals surface area contributed by atoms with Crippen molar-refractivity contribution in [2.75, 3.05) is 12.5 Å². The quantitative estimate of drug-likeness (QED) is 0.198. The van der Waals surface area contributed by atoms with E-state index in [0.717, 1.165) is 4.90 Å². The number of nitrogens with zero attached hydrogens (tertiary/aromatic N) is 2. The largest absolute Gasteiger partial charge is 0.508 e. The van der Waals surface area contributed by atoms with Gasteiger partial charge in [0.15, 0.2) is 9.84 Å². The molecule has 3 fully saturated rings. The maximum Gasteiger partial charge on any atom is 0.357 e. The SMILES string of the molecule is CC1=C(C(=O)OCOC(=O)C2N3C(=O)CC3S(=O)(=O)C2(C)C)N2C(=O)C(NC(=O)C(N)c3ccc(O)cc3)C2SC1.Cl. The number of amides is 3. The number of rotatable bonds is 7. The Morgan fingerprint density at radius 2 is 1.83 bits per heavy atom. The van der Waals surface area contributed by atoms with Gasteiger partial charge in [0.1, 0.15) is 40.3 Å². The summed E-state index contributed by atoms with van der Waals surface area (Å²) >= 11 is 1.33. The number of phenolic OH excluding ortho intramolecular Hbond substituents is 1. The van der Waals surface area contributed by atoms with E-state index < -0.39 is 79.9 Å². The van der Waals surface area contributed by atoms with Gasteiger partial charge in [0.2, 0.25) is 18.6 Å². The number of fused-ring (bicyclic) bond motifs is 2. The van der Waals surface area contributed by atoms with Crippen molar-refractivity contribution in [2.45, 2.75) is 60.8 Å². The van der Waals surface area contributed by atoms with Gasteiger partial charge in [-0.05, 0) is 44.0 Å². The van der Waals surface area contributed by atoms with E-state index in [1.807, 2.05) is 0 Å². The number of thioether (sulfide) groups is 1. The lowest BCUT2D eigenvalue weighted by Crippen LogP contribution is -2.71. The minimum Gasteiger partial charge on any atom is -0.508 e. The van der Waals surface area contributed by atoms with E-state index >= 15 is 0 Å². The molecule has 5 unspecified atom stereocenters. The van der Waals surface area contributed by atoms with Crippen LogP contribution in [0.1, 0.15) is 38.8 Å². The standard InChI is InChI=1S/C25H28N4O10S2.ClH/c1-11-9-40-22-17(27-20(32)16(26)12-4-6-13(30)7-5-12)21(33)29(22)18(11)23(34)38-10-39-24(35)19-25(2,3)41(36,37)15-8-14(31)28(15)19;/h4-7,15-17,19,22,30H,8-10,26H2,1-3H3,(H,27,32);1H. The second-order valence-corrected chi connectivity index (χ2v) is 14.4. The summed E-state index contributed by atoms with van der Waals surface area (Å²) < 4.78 is 34.0. The number of hydrogen-bond acceptors (Lipinski definition) is 12. The predicted octanol–water partition coefficient (Wildman–Crippen LogP) is -0.334. The number of halogens is 1. The van der Waals surface area contributed by atoms with Crippen LogP contribution in [0.25, 0.3) is 0 Å². The third-order valence-electron chi connectivity index (χ3n) is 7.77. The average Bonchev–Trinajstić information content (AvgIpc) is 3.04. The van der Waals surface area contributed by atoms with Crippen molar-refractivity contribution in [1.29, 1.82) is 0 Å². The topological polar surface area (TPSA) is 203 Å². The molecule has 42 heavy (non-hydrogen) atoms. The van der Waals surface area contributed by atoms with E-state index in [1.54, 1.807) is 6.92 Å². The predicted molar refractivity (Wildman–Crippen MR) is 149 cm³/mol. The molecule has 3 amide bonds. The Balaban J connectivity index is 0.00000405. The van der Waals surface area contributed by atoms with Gasteiger partial charge in [-0.3, -0.25) is 19.3 Å². The summed E-state index contributed by atoms with van der Waals surface area (Å²) in [5, 5.41) is 10.3. The molecule has 17 heteroatoms. The van der Waals surface area contributed by atoms with Gasteiger partial charge in [-0.1, -0.05) is 12.1 Å². The molecule has 1 aromatic carbocycles. The van der Waals surface area contributed by atoms with Crippen molar-refractivity contribution >= 4 is 63.7 Å². The first-order chi connectivity index (χ1) is 19.2. The number of ether oxygens (including phenoxy) is 2. The molecule has 0 aromatic heterocycles. The zero-order chi connectivity index (χ0) is 30.0. The third kappa shape index (κ3) is 4.79. The summed E-state index contributed by atoms with van der Waals surface area (Å²) in [6.07, 6.45) is -0.203. The van der Waals surface area contributed by atoms with Crippen LogP contribution >= 0.6 is 24.2 Å². The van der Waals surface area contributed by atoms with Crippen LogP contribution in [0.15, 0.2) is 35.5 Å². The first-order valence-corrected chi connectivity index (χ1v) is 15.2. The lowest BCUT2D eigenvalue weighted by atomic mass is 9.98. The fourth-order valence-corrected chi connectivity index (χ4v) is 8.75. The number of benzene rings is 1. The molecule has 4 aliphatic heterocycles. The minimum absolute atomic E-state index is 0. The van der Waals surface area contributed by atoms with E-state index in [9.17, 15) is 37.5 Å². The van der Waals surface area contributed by atoms with Crippen LogP contribution < -0.4 is 11.1 Å². The molecule has 228 valence electrons. The summed E-state index contributed by atoms with van der Waals surface area (Å²) in [5.41, 5.74) is 6.91. The monoisotopic (exact) mass is 644 g/mol. The van der Waals surface area contributed by atoms with Crippen LogP contribution in [-0.2, 0) is 43.3 Å². The second-order valence-electron chi connectivity index (χ2n) is 10.6. The highest BCUT2D eigenvalue weighted by atomic mass is 35.5. The molecule has 0 radical (unpaired) electrons. The summed E-state index contributed by atoms with van der Waals surface area (Å²) in [5.74, 6) is -3.28. The molecule has 0 saturated carbocycles. The number of phenols is 1. The van der Waals surface area contributed by atoms with E-state index in [0.29, 0.717) is 16.9 Å². The van der Waals surface area contributed by atoms with Gasteiger partial charge >= 0.3 is 11.9 Å². The van der Waals surface area contributed by atoms with Crippen LogP contribution in [0.3, 0.4) is 0 Å². The molecule has 4 aliphatic rings. The van der Waals surface area contributed by atoms with Crippen molar-refractivity contribution in [1.82, 2.24) is 15.1 Å². The Bertz CT molecular complexity index is 1500. The van der Waals surface area contributed by atoms with Crippen molar-refractivity contribution in [3.05, 3.63) is 41.1 Å². The fourth-order valence-electron chi connectivity index (χ4n) is 5.34. The van der Waals surface area contributed by atoms with Crippen molar-refractivity contribution in [2.24, 2.45) is 5.73 Å². The maximum atomic E-state index is 13.0. The molecule has 4 N–H and O–H groups in total. The normalized spacial score (nSPS) is 27.4. The molecule has 4 heterocycles. The second kappa shape index (κ2) is 11.1. The number of β-lactam (4-membered cyclic amide) rings is 2. The van der Waals surface area contributed by atoms with E-state index in [4.69, 9.17) is 15.2 Å². The molecule has 0 bridgehead atoms. The molecular formula is C25H29ClN4O10S2. The first kappa shape index (κ1) is 31.6. The number of esters is 2. The molecule has 0 spiro atoms. The van der Waals surface area contributed by atoms with Crippen molar-refractivity contribution in [3.63, 3.8) is 0 Å². The van der Waals surface area contributed by atoms with Crippen LogP contribution in [0.5, 0.6) is 5.75 Å². The van der Waals surface area contributed by atoms with Crippen molar-refractivity contribution < 1.29 is 47.0 Å². The number of sulfone groups is 1. The highest BCUT2D eigenvalue weighted by Gasteiger charge is 2.68. The zero-order valence-corrected chi connectivity index (χ0v) is 25.1. The Morgan fingerprint density at radius 1 is 1.19 bits per heavy atom. The number of carbonyl (C=O) groups is 5. The van der Waals surface area contributed by atoms with E-state index in [2.05, 4.69) is 5.32 Å². The number of hydrogen-bond donors (Lipinski definition) is 3. The van der Waals surface area contributed by atoms with Gasteiger partial charge in [-0.2, -0.15) is 0 Å².